The Bertz CT molecular complexity index is 1100. The minimum absolute atomic E-state index is 0.0438. The second kappa shape index (κ2) is 9.37. The van der Waals surface area contributed by atoms with Crippen LogP contribution < -0.4 is 9.64 Å². The van der Waals surface area contributed by atoms with Crippen LogP contribution in [0, 0.1) is 11.8 Å². The van der Waals surface area contributed by atoms with E-state index in [1.165, 1.54) is 4.90 Å². The Morgan fingerprint density at radius 3 is 2.56 bits per heavy atom. The van der Waals surface area contributed by atoms with E-state index in [0.717, 1.165) is 6.42 Å². The number of allylic oxidation sites excluding steroid dienone is 1. The van der Waals surface area contributed by atoms with Gasteiger partial charge in [0.1, 0.15) is 28.9 Å². The Morgan fingerprint density at radius 1 is 1.08 bits per heavy atom. The third kappa shape index (κ3) is 3.56. The van der Waals surface area contributed by atoms with Gasteiger partial charge in [-0.3, -0.25) is 14.4 Å². The summed E-state index contributed by atoms with van der Waals surface area (Å²) >= 11 is 0. The SMILES string of the molecule is CC[C@@]12/C=C\CCCOC(=O)[C@@H]1[C@H]1C(=O)N(CCO)C3C(=O)N(c4ccc(OC)cc4)CC=C[C@@]31O2. The van der Waals surface area contributed by atoms with Crippen LogP contribution in [0.15, 0.2) is 48.6 Å². The third-order valence-corrected chi connectivity index (χ3v) is 7.86. The zero-order chi connectivity index (χ0) is 25.5. The van der Waals surface area contributed by atoms with Crippen LogP contribution in [0.25, 0.3) is 0 Å². The van der Waals surface area contributed by atoms with Crippen LogP contribution in [0.5, 0.6) is 5.75 Å². The molecule has 1 N–H and O–H groups in total. The molecule has 0 radical (unpaired) electrons. The fourth-order valence-electron chi connectivity index (χ4n) is 6.22. The first-order valence-electron chi connectivity index (χ1n) is 12.5. The number of rotatable bonds is 5. The molecule has 9 heteroatoms. The maximum atomic E-state index is 14.2. The van der Waals surface area contributed by atoms with Crippen LogP contribution in [-0.2, 0) is 23.9 Å². The number of β-amino-alcohol motifs (C(OH)–C–C–N with tert-alkyl or cyclic N) is 1. The highest BCUT2D eigenvalue weighted by Crippen LogP contribution is 2.58. The monoisotopic (exact) mass is 496 g/mol. The first-order valence-corrected chi connectivity index (χ1v) is 12.5. The fraction of sp³-hybridized carbons (Fsp3) is 0.519. The number of hydrogen-bond acceptors (Lipinski definition) is 7. The lowest BCUT2D eigenvalue weighted by Gasteiger charge is -2.38. The molecule has 5 rings (SSSR count). The van der Waals surface area contributed by atoms with E-state index in [4.69, 9.17) is 14.2 Å². The number of carbonyl (C=O) groups is 3. The number of hydrogen-bond donors (Lipinski definition) is 1. The summed E-state index contributed by atoms with van der Waals surface area (Å²) in [7, 11) is 1.57. The van der Waals surface area contributed by atoms with Gasteiger partial charge in [0.15, 0.2) is 0 Å². The molecule has 0 aromatic heterocycles. The minimum atomic E-state index is -1.37. The van der Waals surface area contributed by atoms with Crippen molar-refractivity contribution in [3.8, 4) is 5.75 Å². The summed E-state index contributed by atoms with van der Waals surface area (Å²) in [5.41, 5.74) is -1.80. The minimum Gasteiger partial charge on any atom is -0.497 e. The van der Waals surface area contributed by atoms with E-state index in [0.29, 0.717) is 24.3 Å². The van der Waals surface area contributed by atoms with E-state index in [9.17, 15) is 19.5 Å². The summed E-state index contributed by atoms with van der Waals surface area (Å²) in [5.74, 6) is -2.38. The van der Waals surface area contributed by atoms with Gasteiger partial charge in [0, 0.05) is 18.8 Å². The van der Waals surface area contributed by atoms with Crippen molar-refractivity contribution in [2.45, 2.75) is 43.4 Å². The molecular formula is C27H32N2O7. The molecule has 1 aromatic rings. The number of anilines is 1. The number of esters is 1. The number of cyclic esters (lactones) is 1. The van der Waals surface area contributed by atoms with Gasteiger partial charge >= 0.3 is 5.97 Å². The van der Waals surface area contributed by atoms with Gasteiger partial charge in [0.05, 0.1) is 26.2 Å². The van der Waals surface area contributed by atoms with Crippen molar-refractivity contribution in [2.24, 2.45) is 11.8 Å². The predicted molar refractivity (Wildman–Crippen MR) is 130 cm³/mol. The van der Waals surface area contributed by atoms with Gasteiger partial charge in [-0.25, -0.2) is 0 Å². The van der Waals surface area contributed by atoms with E-state index < -0.39 is 35.0 Å². The number of carbonyl (C=O) groups excluding carboxylic acids is 3. The molecule has 5 atom stereocenters. The van der Waals surface area contributed by atoms with E-state index in [1.54, 1.807) is 42.4 Å². The number of nitrogens with zero attached hydrogens (tertiary/aromatic N) is 2. The molecule has 36 heavy (non-hydrogen) atoms. The van der Waals surface area contributed by atoms with Gasteiger partial charge < -0.3 is 29.1 Å². The number of benzene rings is 1. The Labute approximate surface area is 210 Å². The summed E-state index contributed by atoms with van der Waals surface area (Å²) < 4.78 is 17.6. The van der Waals surface area contributed by atoms with Crippen molar-refractivity contribution in [3.05, 3.63) is 48.6 Å². The smallest absolute Gasteiger partial charge is 0.313 e. The van der Waals surface area contributed by atoms with Crippen LogP contribution >= 0.6 is 0 Å². The number of aliphatic hydroxyl groups is 1. The molecule has 2 saturated heterocycles. The zero-order valence-electron chi connectivity index (χ0n) is 20.6. The normalized spacial score (nSPS) is 34.6. The van der Waals surface area contributed by atoms with Crippen LogP contribution in [0.3, 0.4) is 0 Å². The summed E-state index contributed by atoms with van der Waals surface area (Å²) in [6.45, 7) is 2.08. The molecule has 4 aliphatic heterocycles. The fourth-order valence-corrected chi connectivity index (χ4v) is 6.22. The average Bonchev–Trinajstić information content (AvgIpc) is 3.26. The van der Waals surface area contributed by atoms with Crippen LogP contribution in [0.2, 0.25) is 0 Å². The molecule has 0 aliphatic carbocycles. The average molecular weight is 497 g/mol. The predicted octanol–water partition coefficient (Wildman–Crippen LogP) is 1.84. The number of fused-ring (bicyclic) bond motifs is 2. The summed E-state index contributed by atoms with van der Waals surface area (Å²) in [6.07, 6.45) is 9.33. The van der Waals surface area contributed by atoms with E-state index in [2.05, 4.69) is 0 Å². The van der Waals surface area contributed by atoms with E-state index in [1.807, 2.05) is 25.2 Å². The van der Waals surface area contributed by atoms with E-state index in [-0.39, 0.29) is 38.1 Å². The summed E-state index contributed by atoms with van der Waals surface area (Å²) in [4.78, 5) is 44.5. The second-order valence-electron chi connectivity index (χ2n) is 9.64. The third-order valence-electron chi connectivity index (χ3n) is 7.86. The Hall–Kier alpha value is -3.17. The number of methoxy groups -OCH3 is 1. The lowest BCUT2D eigenvalue weighted by molar-refractivity contribution is -0.159. The molecule has 2 fully saturated rings. The second-order valence-corrected chi connectivity index (χ2v) is 9.64. The first-order chi connectivity index (χ1) is 17.4. The van der Waals surface area contributed by atoms with Crippen molar-refractivity contribution in [1.82, 2.24) is 4.90 Å². The molecule has 4 aliphatic rings. The van der Waals surface area contributed by atoms with Gasteiger partial charge in [-0.05, 0) is 43.5 Å². The molecule has 9 nitrogen and oxygen atoms in total. The van der Waals surface area contributed by atoms with Crippen LogP contribution in [-0.4, -0.2) is 78.4 Å². The maximum absolute atomic E-state index is 14.2. The molecule has 2 amide bonds. The molecular weight excluding hydrogens is 464 g/mol. The van der Waals surface area contributed by atoms with Gasteiger partial charge in [0.2, 0.25) is 5.91 Å². The van der Waals surface area contributed by atoms with Crippen molar-refractivity contribution in [1.29, 1.82) is 0 Å². The zero-order valence-corrected chi connectivity index (χ0v) is 20.6. The standard InChI is InChI=1S/C27H32N2O7/c1-3-26-12-5-4-6-17-35-25(33)21(26)20-23(31)29(15-16-30)22-24(32)28(14-7-13-27(20,22)36-26)18-8-10-19(34-2)11-9-18/h5,7-13,20-22,30H,3-4,6,14-17H2,1-2H3/b12-5-/t20-,21-,22?,26+,27-/m0/s1. The highest BCUT2D eigenvalue weighted by atomic mass is 16.6. The highest BCUT2D eigenvalue weighted by Gasteiger charge is 2.75. The van der Waals surface area contributed by atoms with Crippen LogP contribution in [0.1, 0.15) is 26.2 Å². The van der Waals surface area contributed by atoms with Gasteiger partial charge in [-0.15, -0.1) is 0 Å². The lowest BCUT2D eigenvalue weighted by atomic mass is 9.73. The van der Waals surface area contributed by atoms with Crippen molar-refractivity contribution >= 4 is 23.5 Å². The molecule has 1 aromatic carbocycles. The van der Waals surface area contributed by atoms with Gasteiger partial charge in [0.25, 0.3) is 5.91 Å². The summed E-state index contributed by atoms with van der Waals surface area (Å²) in [5, 5.41) is 9.80. The van der Waals surface area contributed by atoms with Gasteiger partial charge in [-0.2, -0.15) is 0 Å². The van der Waals surface area contributed by atoms with Gasteiger partial charge in [-0.1, -0.05) is 31.2 Å². The topological polar surface area (TPSA) is 106 Å². The molecule has 0 saturated carbocycles. The lowest BCUT2D eigenvalue weighted by Crippen LogP contribution is -2.56. The Balaban J connectivity index is 1.64. The number of aliphatic hydroxyl groups excluding tert-OH is 1. The summed E-state index contributed by atoms with van der Waals surface area (Å²) in [6, 6.07) is 6.07. The Morgan fingerprint density at radius 2 is 1.86 bits per heavy atom. The number of likely N-dealkylation sites (tertiary alicyclic amines) is 1. The van der Waals surface area contributed by atoms with Crippen molar-refractivity contribution in [3.63, 3.8) is 0 Å². The first kappa shape index (κ1) is 24.5. The molecule has 1 unspecified atom stereocenters. The molecule has 1 spiro atoms. The number of amides is 2. The Kier molecular flexibility index (Phi) is 6.38. The van der Waals surface area contributed by atoms with E-state index >= 15 is 0 Å². The van der Waals surface area contributed by atoms with Crippen molar-refractivity contribution in [2.75, 3.05) is 38.3 Å². The molecule has 192 valence electrons. The van der Waals surface area contributed by atoms with Crippen molar-refractivity contribution < 1.29 is 33.7 Å². The largest absolute Gasteiger partial charge is 0.497 e. The van der Waals surface area contributed by atoms with Crippen LogP contribution in [0.4, 0.5) is 5.69 Å². The quantitative estimate of drug-likeness (QED) is 0.490. The highest BCUT2D eigenvalue weighted by molar-refractivity contribution is 6.05. The molecule has 0 bridgehead atoms. The molecule has 4 heterocycles. The maximum Gasteiger partial charge on any atom is 0.313 e. The number of ether oxygens (including phenoxy) is 3.